The number of amides is 1. The molecule has 0 radical (unpaired) electrons. The highest BCUT2D eigenvalue weighted by atomic mass is 16.3. The van der Waals surface area contributed by atoms with Crippen LogP contribution in [0.15, 0.2) is 30.3 Å². The van der Waals surface area contributed by atoms with Crippen molar-refractivity contribution in [2.45, 2.75) is 33.3 Å². The van der Waals surface area contributed by atoms with Gasteiger partial charge in [0.2, 0.25) is 5.91 Å². The van der Waals surface area contributed by atoms with Gasteiger partial charge in [-0.3, -0.25) is 4.79 Å². The summed E-state index contributed by atoms with van der Waals surface area (Å²) in [5.74, 6) is 0.250. The van der Waals surface area contributed by atoms with Gasteiger partial charge >= 0.3 is 0 Å². The number of carbonyl (C=O) groups is 1. The molecule has 1 rings (SSSR count). The smallest absolute Gasteiger partial charge is 0.244 e. The monoisotopic (exact) mass is 261 g/mol. The number of aliphatic hydroxyl groups is 1. The van der Waals surface area contributed by atoms with Gasteiger partial charge in [-0.05, 0) is 36.5 Å². The van der Waals surface area contributed by atoms with Gasteiger partial charge in [0.1, 0.15) is 0 Å². The summed E-state index contributed by atoms with van der Waals surface area (Å²) in [5, 5.41) is 12.4. The van der Waals surface area contributed by atoms with Crippen LogP contribution in [0.3, 0.4) is 0 Å². The number of aryl methyl sites for hydroxylation is 1. The van der Waals surface area contributed by atoms with Crippen molar-refractivity contribution in [1.82, 2.24) is 5.32 Å². The zero-order valence-electron chi connectivity index (χ0n) is 11.9. The lowest BCUT2D eigenvalue weighted by atomic mass is 10.1. The maximum Gasteiger partial charge on any atom is 0.244 e. The first kappa shape index (κ1) is 15.4. The summed E-state index contributed by atoms with van der Waals surface area (Å²) in [6.07, 6.45) is 3.52. The standard InChI is InChI=1S/C16H23NO2/c1-12(2)10-15(18)11-17-16(19)9-8-14-7-5-4-6-13(14)3/h4-9,12,15,18H,10-11H2,1-3H3,(H,17,19)/b9-8+. The first-order valence-electron chi connectivity index (χ1n) is 6.68. The van der Waals surface area contributed by atoms with Gasteiger partial charge in [-0.15, -0.1) is 0 Å². The Kier molecular flexibility index (Phi) is 6.30. The predicted molar refractivity (Wildman–Crippen MR) is 78.7 cm³/mol. The summed E-state index contributed by atoms with van der Waals surface area (Å²) in [4.78, 5) is 11.6. The van der Waals surface area contributed by atoms with Crippen molar-refractivity contribution in [3.05, 3.63) is 41.5 Å². The third-order valence-electron chi connectivity index (χ3n) is 2.86. The first-order chi connectivity index (χ1) is 8.99. The summed E-state index contributed by atoms with van der Waals surface area (Å²) in [5.41, 5.74) is 2.16. The second-order valence-electron chi connectivity index (χ2n) is 5.22. The van der Waals surface area contributed by atoms with Crippen LogP contribution in [0.5, 0.6) is 0 Å². The van der Waals surface area contributed by atoms with Crippen LogP contribution in [0.25, 0.3) is 6.08 Å². The third kappa shape index (κ3) is 6.20. The number of hydrogen-bond acceptors (Lipinski definition) is 2. The molecular weight excluding hydrogens is 238 g/mol. The summed E-state index contributed by atoms with van der Waals surface area (Å²) in [6, 6.07) is 7.88. The van der Waals surface area contributed by atoms with Gasteiger partial charge in [-0.2, -0.15) is 0 Å². The third-order valence-corrected chi connectivity index (χ3v) is 2.86. The Hall–Kier alpha value is -1.61. The van der Waals surface area contributed by atoms with Crippen molar-refractivity contribution in [2.75, 3.05) is 6.54 Å². The van der Waals surface area contributed by atoms with Crippen LogP contribution in [0, 0.1) is 12.8 Å². The van der Waals surface area contributed by atoms with Gasteiger partial charge < -0.3 is 10.4 Å². The second-order valence-corrected chi connectivity index (χ2v) is 5.22. The molecule has 2 N–H and O–H groups in total. The molecule has 0 aliphatic heterocycles. The van der Waals surface area contributed by atoms with Gasteiger partial charge in [0, 0.05) is 12.6 Å². The molecule has 3 nitrogen and oxygen atoms in total. The Morgan fingerprint density at radius 2 is 2.05 bits per heavy atom. The molecule has 0 spiro atoms. The summed E-state index contributed by atoms with van der Waals surface area (Å²) >= 11 is 0. The summed E-state index contributed by atoms with van der Waals surface area (Å²) in [6.45, 7) is 6.39. The van der Waals surface area contributed by atoms with E-state index in [-0.39, 0.29) is 5.91 Å². The highest BCUT2D eigenvalue weighted by Crippen LogP contribution is 2.08. The number of nitrogens with one attached hydrogen (secondary N) is 1. The van der Waals surface area contributed by atoms with E-state index in [9.17, 15) is 9.90 Å². The molecule has 1 aromatic carbocycles. The molecule has 19 heavy (non-hydrogen) atoms. The summed E-state index contributed by atoms with van der Waals surface area (Å²) in [7, 11) is 0. The number of rotatable bonds is 6. The van der Waals surface area contributed by atoms with Crippen molar-refractivity contribution in [3.8, 4) is 0 Å². The number of carbonyl (C=O) groups excluding carboxylic acids is 1. The van der Waals surface area contributed by atoms with Crippen LogP contribution >= 0.6 is 0 Å². The van der Waals surface area contributed by atoms with Crippen LogP contribution < -0.4 is 5.32 Å². The van der Waals surface area contributed by atoms with E-state index in [4.69, 9.17) is 0 Å². The van der Waals surface area contributed by atoms with Crippen LogP contribution in [-0.4, -0.2) is 23.7 Å². The predicted octanol–water partition coefficient (Wildman–Crippen LogP) is 2.53. The molecular formula is C16H23NO2. The zero-order chi connectivity index (χ0) is 14.3. The van der Waals surface area contributed by atoms with Crippen molar-refractivity contribution < 1.29 is 9.90 Å². The normalized spacial score (nSPS) is 12.9. The second kappa shape index (κ2) is 7.74. The molecule has 1 unspecified atom stereocenters. The maximum absolute atomic E-state index is 11.6. The largest absolute Gasteiger partial charge is 0.391 e. The molecule has 0 aliphatic carbocycles. The minimum atomic E-state index is -0.476. The molecule has 1 amide bonds. The fraction of sp³-hybridized carbons (Fsp3) is 0.438. The van der Waals surface area contributed by atoms with E-state index < -0.39 is 6.10 Å². The Bertz CT molecular complexity index is 438. The number of aliphatic hydroxyl groups excluding tert-OH is 1. The molecule has 3 heteroatoms. The van der Waals surface area contributed by atoms with Crippen molar-refractivity contribution >= 4 is 12.0 Å². The quantitative estimate of drug-likeness (QED) is 0.773. The van der Waals surface area contributed by atoms with E-state index in [1.165, 1.54) is 6.08 Å². The number of hydrogen-bond donors (Lipinski definition) is 2. The van der Waals surface area contributed by atoms with E-state index in [1.54, 1.807) is 6.08 Å². The SMILES string of the molecule is Cc1ccccc1/C=C/C(=O)NCC(O)CC(C)C. The van der Waals surface area contributed by atoms with Crippen molar-refractivity contribution in [1.29, 1.82) is 0 Å². The van der Waals surface area contributed by atoms with Crippen LogP contribution in [0.2, 0.25) is 0 Å². The van der Waals surface area contributed by atoms with Gasteiger partial charge in [0.05, 0.1) is 6.10 Å². The van der Waals surface area contributed by atoms with Gasteiger partial charge in [0.25, 0.3) is 0 Å². The minimum Gasteiger partial charge on any atom is -0.391 e. The molecule has 0 saturated carbocycles. The molecule has 0 aliphatic rings. The Morgan fingerprint density at radius 1 is 1.37 bits per heavy atom. The zero-order valence-corrected chi connectivity index (χ0v) is 11.9. The van der Waals surface area contributed by atoms with Crippen LogP contribution in [-0.2, 0) is 4.79 Å². The van der Waals surface area contributed by atoms with Crippen LogP contribution in [0.1, 0.15) is 31.4 Å². The van der Waals surface area contributed by atoms with Crippen molar-refractivity contribution in [2.24, 2.45) is 5.92 Å². The van der Waals surface area contributed by atoms with Gasteiger partial charge in [-0.1, -0.05) is 38.1 Å². The molecule has 0 saturated heterocycles. The van der Waals surface area contributed by atoms with E-state index in [0.717, 1.165) is 11.1 Å². The molecule has 1 aromatic rings. The van der Waals surface area contributed by atoms with E-state index in [1.807, 2.05) is 45.0 Å². The fourth-order valence-corrected chi connectivity index (χ4v) is 1.84. The molecule has 0 aromatic heterocycles. The van der Waals surface area contributed by atoms with E-state index in [2.05, 4.69) is 5.32 Å². The molecule has 0 bridgehead atoms. The average Bonchev–Trinajstić information content (AvgIpc) is 2.34. The minimum absolute atomic E-state index is 0.175. The summed E-state index contributed by atoms with van der Waals surface area (Å²) < 4.78 is 0. The average molecular weight is 261 g/mol. The highest BCUT2D eigenvalue weighted by Gasteiger charge is 2.07. The van der Waals surface area contributed by atoms with Crippen LogP contribution in [0.4, 0.5) is 0 Å². The molecule has 104 valence electrons. The van der Waals surface area contributed by atoms with E-state index in [0.29, 0.717) is 18.9 Å². The van der Waals surface area contributed by atoms with Gasteiger partial charge in [0.15, 0.2) is 0 Å². The topological polar surface area (TPSA) is 49.3 Å². The van der Waals surface area contributed by atoms with Gasteiger partial charge in [-0.25, -0.2) is 0 Å². The Labute approximate surface area is 115 Å². The maximum atomic E-state index is 11.6. The molecule has 1 atom stereocenters. The molecule has 0 fully saturated rings. The number of benzene rings is 1. The lowest BCUT2D eigenvalue weighted by Gasteiger charge is -2.12. The lowest BCUT2D eigenvalue weighted by Crippen LogP contribution is -2.31. The first-order valence-corrected chi connectivity index (χ1v) is 6.68. The Balaban J connectivity index is 2.41. The van der Waals surface area contributed by atoms with Crippen molar-refractivity contribution in [3.63, 3.8) is 0 Å². The fourth-order valence-electron chi connectivity index (χ4n) is 1.84. The highest BCUT2D eigenvalue weighted by molar-refractivity contribution is 5.91. The van der Waals surface area contributed by atoms with E-state index >= 15 is 0 Å². The Morgan fingerprint density at radius 3 is 2.68 bits per heavy atom. The lowest BCUT2D eigenvalue weighted by molar-refractivity contribution is -0.116. The molecule has 0 heterocycles.